The van der Waals surface area contributed by atoms with Crippen LogP contribution in [0, 0.1) is 0 Å². The molecule has 1 aliphatic heterocycles. The summed E-state index contributed by atoms with van der Waals surface area (Å²) in [5.74, 6) is 0.724. The van der Waals surface area contributed by atoms with Gasteiger partial charge < -0.3 is 20.7 Å². The number of nitrogens with zero attached hydrogens (tertiary/aromatic N) is 2. The third kappa shape index (κ3) is 9.51. The van der Waals surface area contributed by atoms with Crippen LogP contribution in [0.15, 0.2) is 29.3 Å². The number of fused-ring (bicyclic) bond motifs is 1. The molecule has 30 heavy (non-hydrogen) atoms. The summed E-state index contributed by atoms with van der Waals surface area (Å²) in [5.41, 5.74) is 1.90. The molecule has 1 aromatic carbocycles. The number of halogens is 1. The predicted octanol–water partition coefficient (Wildman–Crippen LogP) is 3.13. The second kappa shape index (κ2) is 11.7. The van der Waals surface area contributed by atoms with Crippen molar-refractivity contribution in [3.8, 4) is 0 Å². The Morgan fingerprint density at radius 1 is 1.13 bits per heavy atom. The number of hydrogen-bond donors (Lipinski definition) is 3. The maximum atomic E-state index is 12.0. The summed E-state index contributed by atoms with van der Waals surface area (Å²) < 4.78 is 5.33. The molecule has 1 amide bonds. The van der Waals surface area contributed by atoms with E-state index in [1.807, 2.05) is 34.6 Å². The average Bonchev–Trinajstić information content (AvgIpc) is 2.62. The number of amides is 1. The van der Waals surface area contributed by atoms with Crippen LogP contribution in [0.25, 0.3) is 0 Å². The quantitative estimate of drug-likeness (QED) is 0.299. The number of benzene rings is 1. The average molecular weight is 531 g/mol. The Kier molecular flexibility index (Phi) is 10.4. The van der Waals surface area contributed by atoms with Crippen molar-refractivity contribution in [1.82, 2.24) is 20.9 Å². The second-order valence-electron chi connectivity index (χ2n) is 9.16. The van der Waals surface area contributed by atoms with Crippen LogP contribution < -0.4 is 16.0 Å². The normalized spacial score (nSPS) is 14.9. The summed E-state index contributed by atoms with van der Waals surface area (Å²) in [6.07, 6.45) is 0.686. The molecule has 0 atom stereocenters. The van der Waals surface area contributed by atoms with Gasteiger partial charge in [0.25, 0.3) is 0 Å². The first-order valence-electron chi connectivity index (χ1n) is 10.3. The number of alkyl carbamates (subject to hydrolysis) is 1. The van der Waals surface area contributed by atoms with Crippen LogP contribution in [-0.2, 0) is 17.7 Å². The third-order valence-electron chi connectivity index (χ3n) is 4.69. The lowest BCUT2D eigenvalue weighted by atomic mass is 10.00. The minimum absolute atomic E-state index is 0. The molecule has 2 rings (SSSR count). The third-order valence-corrected chi connectivity index (χ3v) is 4.69. The van der Waals surface area contributed by atoms with Gasteiger partial charge in [-0.15, -0.1) is 24.0 Å². The van der Waals surface area contributed by atoms with E-state index in [-0.39, 0.29) is 24.0 Å². The fourth-order valence-corrected chi connectivity index (χ4v) is 3.23. The van der Waals surface area contributed by atoms with Gasteiger partial charge in [0.15, 0.2) is 5.96 Å². The van der Waals surface area contributed by atoms with Gasteiger partial charge in [0.2, 0.25) is 0 Å². The fourth-order valence-electron chi connectivity index (χ4n) is 3.23. The highest BCUT2D eigenvalue weighted by atomic mass is 127. The molecule has 0 radical (unpaired) electrons. The molecule has 0 aromatic heterocycles. The van der Waals surface area contributed by atoms with Crippen LogP contribution in [0.2, 0.25) is 0 Å². The second-order valence-corrected chi connectivity index (χ2v) is 9.16. The fraction of sp³-hybridized carbons (Fsp3) is 0.636. The van der Waals surface area contributed by atoms with Gasteiger partial charge in [-0.25, -0.2) is 4.79 Å². The van der Waals surface area contributed by atoms with Crippen LogP contribution >= 0.6 is 24.0 Å². The lowest BCUT2D eigenvalue weighted by Crippen LogP contribution is -2.54. The predicted molar refractivity (Wildman–Crippen MR) is 134 cm³/mol. The van der Waals surface area contributed by atoms with Crippen LogP contribution in [0.3, 0.4) is 0 Å². The van der Waals surface area contributed by atoms with E-state index in [2.05, 4.69) is 50.1 Å². The molecule has 1 aliphatic rings. The Morgan fingerprint density at radius 2 is 1.80 bits per heavy atom. The van der Waals surface area contributed by atoms with Crippen LogP contribution in [0.4, 0.5) is 4.79 Å². The first kappa shape index (κ1) is 26.5. The summed E-state index contributed by atoms with van der Waals surface area (Å²) in [6.45, 7) is 13.8. The van der Waals surface area contributed by atoms with E-state index >= 15 is 0 Å². The van der Waals surface area contributed by atoms with Crippen molar-refractivity contribution in [3.63, 3.8) is 0 Å². The Bertz CT molecular complexity index is 716. The molecular formula is C22H38IN5O2. The highest BCUT2D eigenvalue weighted by molar-refractivity contribution is 14.0. The topological polar surface area (TPSA) is 78.0 Å². The molecule has 3 N–H and O–H groups in total. The number of aliphatic imine (C=N–C) groups is 1. The summed E-state index contributed by atoms with van der Waals surface area (Å²) in [4.78, 5) is 18.7. The Morgan fingerprint density at radius 3 is 2.43 bits per heavy atom. The Balaban J connectivity index is 0.00000450. The van der Waals surface area contributed by atoms with E-state index in [1.165, 1.54) is 11.1 Å². The maximum absolute atomic E-state index is 12.0. The number of nitrogens with one attached hydrogen (secondary N) is 3. The van der Waals surface area contributed by atoms with Crippen molar-refractivity contribution in [1.29, 1.82) is 0 Å². The van der Waals surface area contributed by atoms with Crippen LogP contribution in [0.1, 0.15) is 45.7 Å². The Hall–Kier alpha value is -1.55. The van der Waals surface area contributed by atoms with E-state index in [0.717, 1.165) is 38.6 Å². The molecule has 1 aromatic rings. The zero-order chi connectivity index (χ0) is 21.5. The van der Waals surface area contributed by atoms with Crippen molar-refractivity contribution in [3.05, 3.63) is 35.4 Å². The maximum Gasteiger partial charge on any atom is 0.408 e. The van der Waals surface area contributed by atoms with Crippen molar-refractivity contribution < 1.29 is 9.53 Å². The minimum atomic E-state index is -0.514. The number of guanidine groups is 1. The van der Waals surface area contributed by atoms with E-state index in [1.54, 1.807) is 7.05 Å². The molecule has 170 valence electrons. The summed E-state index contributed by atoms with van der Waals surface area (Å²) in [6, 6.07) is 8.67. The Labute approximate surface area is 198 Å². The van der Waals surface area contributed by atoms with E-state index in [0.29, 0.717) is 6.54 Å². The number of hydrogen-bond acceptors (Lipinski definition) is 4. The number of carbonyl (C=O) groups is 1. The molecule has 0 bridgehead atoms. The van der Waals surface area contributed by atoms with Gasteiger partial charge in [0.1, 0.15) is 5.60 Å². The first-order valence-corrected chi connectivity index (χ1v) is 10.3. The highest BCUT2D eigenvalue weighted by Crippen LogP contribution is 2.17. The van der Waals surface area contributed by atoms with Gasteiger partial charge in [-0.2, -0.15) is 0 Å². The summed E-state index contributed by atoms with van der Waals surface area (Å²) >= 11 is 0. The number of rotatable bonds is 6. The monoisotopic (exact) mass is 531 g/mol. The molecule has 8 heteroatoms. The first-order chi connectivity index (χ1) is 13.6. The molecule has 0 aliphatic carbocycles. The van der Waals surface area contributed by atoms with Crippen molar-refractivity contribution >= 4 is 36.0 Å². The van der Waals surface area contributed by atoms with Gasteiger partial charge in [0.05, 0.1) is 5.54 Å². The molecule has 0 saturated carbocycles. The molecule has 0 spiro atoms. The zero-order valence-electron chi connectivity index (χ0n) is 19.2. The van der Waals surface area contributed by atoms with Crippen LogP contribution in [-0.4, -0.2) is 61.3 Å². The smallest absolute Gasteiger partial charge is 0.408 e. The van der Waals surface area contributed by atoms with Gasteiger partial charge in [-0.3, -0.25) is 9.89 Å². The molecule has 0 saturated heterocycles. The summed E-state index contributed by atoms with van der Waals surface area (Å²) in [5, 5.41) is 9.53. The van der Waals surface area contributed by atoms with Crippen LogP contribution in [0.5, 0.6) is 0 Å². The lowest BCUT2D eigenvalue weighted by Gasteiger charge is -2.30. The van der Waals surface area contributed by atoms with Gasteiger partial charge in [-0.05, 0) is 52.2 Å². The van der Waals surface area contributed by atoms with Gasteiger partial charge in [-0.1, -0.05) is 24.3 Å². The highest BCUT2D eigenvalue weighted by Gasteiger charge is 2.24. The number of ether oxygens (including phenoxy) is 1. The van der Waals surface area contributed by atoms with E-state index in [4.69, 9.17) is 4.74 Å². The van der Waals surface area contributed by atoms with Crippen molar-refractivity contribution in [2.24, 2.45) is 4.99 Å². The van der Waals surface area contributed by atoms with Crippen molar-refractivity contribution in [2.75, 3.05) is 33.2 Å². The largest absolute Gasteiger partial charge is 0.444 e. The molecule has 0 unspecified atom stereocenters. The van der Waals surface area contributed by atoms with Gasteiger partial charge in [0, 0.05) is 39.8 Å². The molecule has 7 nitrogen and oxygen atoms in total. The standard InChI is InChI=1S/C22H37N5O2.HI/c1-21(2,3)29-20(28)26-22(4,5)16-25-19(23-6)24-12-14-27-13-11-17-9-7-8-10-18(17)15-27;/h7-10H,11-16H2,1-6H3,(H,26,28)(H2,23,24,25);1H. The summed E-state index contributed by atoms with van der Waals surface area (Å²) in [7, 11) is 1.75. The van der Waals surface area contributed by atoms with E-state index in [9.17, 15) is 4.79 Å². The zero-order valence-corrected chi connectivity index (χ0v) is 21.5. The SMILES string of the molecule is CN=C(NCCN1CCc2ccccc2C1)NCC(C)(C)NC(=O)OC(C)(C)C.I. The minimum Gasteiger partial charge on any atom is -0.444 e. The molecule has 0 fully saturated rings. The molecule has 1 heterocycles. The number of carbonyl (C=O) groups excluding carboxylic acids is 1. The van der Waals surface area contributed by atoms with E-state index < -0.39 is 17.2 Å². The van der Waals surface area contributed by atoms with Crippen molar-refractivity contribution in [2.45, 2.75) is 58.7 Å². The molecular weight excluding hydrogens is 493 g/mol. The van der Waals surface area contributed by atoms with Gasteiger partial charge >= 0.3 is 6.09 Å². The lowest BCUT2D eigenvalue weighted by molar-refractivity contribution is 0.0474.